The quantitative estimate of drug-likeness (QED) is 0.869. The van der Waals surface area contributed by atoms with Crippen LogP contribution in [0.15, 0.2) is 16.3 Å². The molecule has 0 bridgehead atoms. The molecule has 3 rings (SSSR count). The van der Waals surface area contributed by atoms with Gasteiger partial charge >= 0.3 is 0 Å². The zero-order valence-corrected chi connectivity index (χ0v) is 13.2. The van der Waals surface area contributed by atoms with Crippen molar-refractivity contribution in [3.05, 3.63) is 28.4 Å². The number of aromatic nitrogens is 1. The molecule has 4 nitrogen and oxygen atoms in total. The highest BCUT2D eigenvalue weighted by molar-refractivity contribution is 8.00. The van der Waals surface area contributed by atoms with Crippen molar-refractivity contribution >= 4 is 39.8 Å². The number of hydrogen-bond acceptors (Lipinski definition) is 6. The maximum atomic E-state index is 6.22. The topological polar surface area (TPSA) is 57.4 Å². The number of anilines is 1. The van der Waals surface area contributed by atoms with Crippen molar-refractivity contribution in [3.8, 4) is 11.5 Å². The zero-order chi connectivity index (χ0) is 14.1. The summed E-state index contributed by atoms with van der Waals surface area (Å²) in [5, 5.41) is 1.20. The molecule has 0 atom stereocenters. The van der Waals surface area contributed by atoms with Crippen molar-refractivity contribution in [2.45, 2.75) is 16.9 Å². The molecule has 20 heavy (non-hydrogen) atoms. The van der Waals surface area contributed by atoms with Gasteiger partial charge in [0.2, 0.25) is 0 Å². The van der Waals surface area contributed by atoms with Gasteiger partial charge in [-0.2, -0.15) is 0 Å². The van der Waals surface area contributed by atoms with Gasteiger partial charge in [-0.3, -0.25) is 0 Å². The third kappa shape index (κ3) is 2.82. The fraction of sp³-hybridized carbons (Fsp3) is 0.308. The van der Waals surface area contributed by atoms with Gasteiger partial charge in [0.05, 0.1) is 14.9 Å². The molecule has 2 heterocycles. The molecular formula is C13H13ClN2O2S2. The Bertz CT molecular complexity index is 646. The summed E-state index contributed by atoms with van der Waals surface area (Å²) in [5.41, 5.74) is 7.77. The number of nitrogens with zero attached hydrogens (tertiary/aromatic N) is 1. The molecular weight excluding hydrogens is 316 g/mol. The summed E-state index contributed by atoms with van der Waals surface area (Å²) >= 11 is 9.43. The van der Waals surface area contributed by atoms with E-state index in [0.29, 0.717) is 29.1 Å². The first-order chi connectivity index (χ1) is 9.63. The smallest absolute Gasteiger partial charge is 0.181 e. The molecule has 0 fully saturated rings. The van der Waals surface area contributed by atoms with Crippen LogP contribution in [0.5, 0.6) is 11.5 Å². The third-order valence-electron chi connectivity index (χ3n) is 2.80. The van der Waals surface area contributed by atoms with Gasteiger partial charge in [0.1, 0.15) is 13.2 Å². The lowest BCUT2D eigenvalue weighted by atomic mass is 10.2. The van der Waals surface area contributed by atoms with Crippen LogP contribution in [0.3, 0.4) is 0 Å². The largest absolute Gasteiger partial charge is 0.486 e. The van der Waals surface area contributed by atoms with Crippen molar-refractivity contribution in [3.63, 3.8) is 0 Å². The number of thioether (sulfide) groups is 1. The first-order valence-corrected chi connectivity index (χ1v) is 8.25. The van der Waals surface area contributed by atoms with Crippen LogP contribution >= 0.6 is 34.7 Å². The van der Waals surface area contributed by atoms with Gasteiger partial charge in [-0.05, 0) is 24.6 Å². The van der Waals surface area contributed by atoms with E-state index in [0.717, 1.165) is 27.0 Å². The summed E-state index contributed by atoms with van der Waals surface area (Å²) in [6.07, 6.45) is 0. The van der Waals surface area contributed by atoms with E-state index >= 15 is 0 Å². The van der Waals surface area contributed by atoms with Crippen LogP contribution in [0.25, 0.3) is 0 Å². The molecule has 2 N–H and O–H groups in total. The molecule has 1 aliphatic heterocycles. The molecule has 0 radical (unpaired) electrons. The van der Waals surface area contributed by atoms with E-state index in [4.69, 9.17) is 26.8 Å². The van der Waals surface area contributed by atoms with Crippen molar-refractivity contribution in [2.75, 3.05) is 18.9 Å². The van der Waals surface area contributed by atoms with Gasteiger partial charge < -0.3 is 15.2 Å². The van der Waals surface area contributed by atoms with Crippen molar-refractivity contribution in [2.24, 2.45) is 0 Å². The summed E-state index contributed by atoms with van der Waals surface area (Å²) in [4.78, 5) is 4.22. The highest BCUT2D eigenvalue weighted by atomic mass is 35.5. The number of benzene rings is 1. The van der Waals surface area contributed by atoms with Crippen LogP contribution in [0.2, 0.25) is 5.02 Å². The number of fused-ring (bicyclic) bond motifs is 1. The first kappa shape index (κ1) is 13.9. The van der Waals surface area contributed by atoms with Gasteiger partial charge in [-0.15, -0.1) is 11.8 Å². The lowest BCUT2D eigenvalue weighted by molar-refractivity contribution is 0.171. The SMILES string of the molecule is Cc1nc(N)sc1SCc1cc(Cl)c2c(c1)OCCO2. The molecule has 1 aliphatic rings. The third-order valence-corrected chi connectivity index (χ3v) is 5.50. The van der Waals surface area contributed by atoms with Crippen LogP contribution in [0.1, 0.15) is 11.3 Å². The van der Waals surface area contributed by atoms with E-state index < -0.39 is 0 Å². The van der Waals surface area contributed by atoms with Gasteiger partial charge in [0.15, 0.2) is 16.6 Å². The van der Waals surface area contributed by atoms with Crippen LogP contribution in [0.4, 0.5) is 5.13 Å². The Kier molecular flexibility index (Phi) is 3.96. The van der Waals surface area contributed by atoms with E-state index in [2.05, 4.69) is 4.98 Å². The summed E-state index contributed by atoms with van der Waals surface area (Å²) < 4.78 is 12.2. The Hall–Kier alpha value is -1.11. The minimum Gasteiger partial charge on any atom is -0.486 e. The number of halogens is 1. The van der Waals surface area contributed by atoms with Gasteiger partial charge in [-0.1, -0.05) is 22.9 Å². The molecule has 0 saturated carbocycles. The number of nitrogen functional groups attached to an aromatic ring is 1. The zero-order valence-electron chi connectivity index (χ0n) is 10.8. The summed E-state index contributed by atoms with van der Waals surface area (Å²) in [5.74, 6) is 2.16. The lowest BCUT2D eigenvalue weighted by Gasteiger charge is -2.20. The Morgan fingerprint density at radius 2 is 2.20 bits per heavy atom. The fourth-order valence-electron chi connectivity index (χ4n) is 1.93. The number of thiazole rings is 1. The second-order valence-electron chi connectivity index (χ2n) is 4.32. The number of rotatable bonds is 3. The van der Waals surface area contributed by atoms with Crippen LogP contribution in [0, 0.1) is 6.92 Å². The van der Waals surface area contributed by atoms with E-state index in [1.165, 1.54) is 11.3 Å². The van der Waals surface area contributed by atoms with Gasteiger partial charge in [0, 0.05) is 5.75 Å². The van der Waals surface area contributed by atoms with E-state index in [1.807, 2.05) is 19.1 Å². The Morgan fingerprint density at radius 1 is 1.40 bits per heavy atom. The second kappa shape index (κ2) is 5.71. The number of aryl methyl sites for hydroxylation is 1. The fourth-order valence-corrected chi connectivity index (χ4v) is 4.17. The van der Waals surface area contributed by atoms with E-state index in [9.17, 15) is 0 Å². The number of hydrogen-bond donors (Lipinski definition) is 1. The predicted molar refractivity (Wildman–Crippen MR) is 83.3 cm³/mol. The summed E-state index contributed by atoms with van der Waals surface area (Å²) in [6.45, 7) is 3.07. The predicted octanol–water partition coefficient (Wildman–Crippen LogP) is 3.75. The molecule has 1 aromatic heterocycles. The van der Waals surface area contributed by atoms with Crippen LogP contribution in [-0.2, 0) is 5.75 Å². The van der Waals surface area contributed by atoms with Crippen molar-refractivity contribution in [1.82, 2.24) is 4.98 Å². The standard InChI is InChI=1S/C13H13ClN2O2S2/c1-7-12(20-13(15)16-7)19-6-8-4-9(14)11-10(5-8)17-2-3-18-11/h4-5H,2-3,6H2,1H3,(H2,15,16). The lowest BCUT2D eigenvalue weighted by Crippen LogP contribution is -2.15. The minimum atomic E-state index is 0.542. The van der Waals surface area contributed by atoms with E-state index in [-0.39, 0.29) is 0 Å². The average Bonchev–Trinajstić information content (AvgIpc) is 2.75. The average molecular weight is 329 g/mol. The van der Waals surface area contributed by atoms with Crippen molar-refractivity contribution in [1.29, 1.82) is 0 Å². The molecule has 0 spiro atoms. The highest BCUT2D eigenvalue weighted by Gasteiger charge is 2.17. The van der Waals surface area contributed by atoms with Crippen LogP contribution in [-0.4, -0.2) is 18.2 Å². The van der Waals surface area contributed by atoms with Crippen LogP contribution < -0.4 is 15.2 Å². The second-order valence-corrected chi connectivity index (χ2v) is 7.00. The Balaban J connectivity index is 1.78. The van der Waals surface area contributed by atoms with E-state index in [1.54, 1.807) is 11.8 Å². The molecule has 0 amide bonds. The monoisotopic (exact) mass is 328 g/mol. The molecule has 1 aromatic carbocycles. The normalized spacial score (nSPS) is 13.5. The van der Waals surface area contributed by atoms with Gasteiger partial charge in [-0.25, -0.2) is 4.98 Å². The molecule has 0 unspecified atom stereocenters. The maximum Gasteiger partial charge on any atom is 0.181 e. The van der Waals surface area contributed by atoms with Gasteiger partial charge in [0.25, 0.3) is 0 Å². The maximum absolute atomic E-state index is 6.22. The Labute approximate surface area is 130 Å². The number of nitrogens with two attached hydrogens (primary N) is 1. The minimum absolute atomic E-state index is 0.542. The van der Waals surface area contributed by atoms with Crippen molar-refractivity contribution < 1.29 is 9.47 Å². The molecule has 106 valence electrons. The number of ether oxygens (including phenoxy) is 2. The summed E-state index contributed by atoms with van der Waals surface area (Å²) in [6, 6.07) is 3.90. The first-order valence-electron chi connectivity index (χ1n) is 6.07. The molecule has 0 aliphatic carbocycles. The highest BCUT2D eigenvalue weighted by Crippen LogP contribution is 2.40. The summed E-state index contributed by atoms with van der Waals surface area (Å²) in [7, 11) is 0. The molecule has 0 saturated heterocycles. The molecule has 7 heteroatoms. The molecule has 2 aromatic rings. The Morgan fingerprint density at radius 3 is 2.95 bits per heavy atom.